The Morgan fingerprint density at radius 2 is 1.62 bits per heavy atom. The van der Waals surface area contributed by atoms with Gasteiger partial charge in [0.2, 0.25) is 10.0 Å². The molecule has 0 spiro atoms. The minimum absolute atomic E-state index is 0.134. The lowest BCUT2D eigenvalue weighted by molar-refractivity contribution is 0.0695. The summed E-state index contributed by atoms with van der Waals surface area (Å²) in [5.41, 5.74) is 3.31. The molecular formula is C21H23N3O3S2. The van der Waals surface area contributed by atoms with Crippen LogP contribution in [0.2, 0.25) is 0 Å². The third-order valence-corrected chi connectivity index (χ3v) is 8.19. The van der Waals surface area contributed by atoms with Crippen LogP contribution in [-0.2, 0) is 10.0 Å². The molecule has 0 aliphatic carbocycles. The molecule has 1 saturated heterocycles. The number of aromatic nitrogens is 1. The summed E-state index contributed by atoms with van der Waals surface area (Å²) in [5, 5.41) is 0.866. The van der Waals surface area contributed by atoms with Crippen molar-refractivity contribution in [1.29, 1.82) is 0 Å². The Labute approximate surface area is 175 Å². The SMILES string of the molecule is Cc1ccc(S(=O)(=O)N2CCN(C(=O)c3nsc4ccc(C)cc34)CC2)c(C)c1. The highest BCUT2D eigenvalue weighted by atomic mass is 32.2. The van der Waals surface area contributed by atoms with Crippen LogP contribution in [-0.4, -0.2) is 54.1 Å². The summed E-state index contributed by atoms with van der Waals surface area (Å²) in [6, 6.07) is 11.3. The molecule has 1 fully saturated rings. The van der Waals surface area contributed by atoms with E-state index in [4.69, 9.17) is 0 Å². The summed E-state index contributed by atoms with van der Waals surface area (Å²) in [6.07, 6.45) is 0. The number of carbonyl (C=O) groups is 1. The highest BCUT2D eigenvalue weighted by Gasteiger charge is 2.32. The molecule has 1 amide bonds. The molecule has 3 aromatic rings. The number of rotatable bonds is 3. The molecule has 0 radical (unpaired) electrons. The predicted molar refractivity (Wildman–Crippen MR) is 115 cm³/mol. The van der Waals surface area contributed by atoms with Crippen molar-refractivity contribution in [3.05, 3.63) is 58.8 Å². The van der Waals surface area contributed by atoms with Gasteiger partial charge in [0.05, 0.1) is 9.60 Å². The minimum atomic E-state index is -3.57. The van der Waals surface area contributed by atoms with E-state index >= 15 is 0 Å². The molecule has 8 heteroatoms. The third-order valence-electron chi connectivity index (χ3n) is 5.30. The fourth-order valence-electron chi connectivity index (χ4n) is 3.72. The van der Waals surface area contributed by atoms with Crippen LogP contribution in [0.3, 0.4) is 0 Å². The average Bonchev–Trinajstić information content (AvgIpc) is 3.10. The van der Waals surface area contributed by atoms with E-state index in [0.717, 1.165) is 26.8 Å². The van der Waals surface area contributed by atoms with Gasteiger partial charge in [-0.15, -0.1) is 0 Å². The topological polar surface area (TPSA) is 70.6 Å². The van der Waals surface area contributed by atoms with Crippen molar-refractivity contribution in [3.63, 3.8) is 0 Å². The number of benzene rings is 2. The number of piperazine rings is 1. The van der Waals surface area contributed by atoms with Crippen LogP contribution in [0.1, 0.15) is 27.2 Å². The first-order valence-electron chi connectivity index (χ1n) is 9.50. The molecular weight excluding hydrogens is 406 g/mol. The Bertz CT molecular complexity index is 1190. The number of sulfonamides is 1. The normalized spacial score (nSPS) is 15.8. The summed E-state index contributed by atoms with van der Waals surface area (Å²) in [4.78, 5) is 15.0. The maximum Gasteiger partial charge on any atom is 0.274 e. The zero-order valence-electron chi connectivity index (χ0n) is 16.7. The van der Waals surface area contributed by atoms with E-state index in [1.807, 2.05) is 51.1 Å². The van der Waals surface area contributed by atoms with Gasteiger partial charge in [0.1, 0.15) is 5.69 Å². The molecule has 4 rings (SSSR count). The van der Waals surface area contributed by atoms with Crippen molar-refractivity contribution in [1.82, 2.24) is 13.6 Å². The predicted octanol–water partition coefficient (Wildman–Crippen LogP) is 3.37. The van der Waals surface area contributed by atoms with Gasteiger partial charge in [-0.3, -0.25) is 4.79 Å². The summed E-state index contributed by atoms with van der Waals surface area (Å²) in [6.45, 7) is 7.01. The van der Waals surface area contributed by atoms with E-state index in [0.29, 0.717) is 23.7 Å². The van der Waals surface area contributed by atoms with Gasteiger partial charge >= 0.3 is 0 Å². The van der Waals surface area contributed by atoms with Crippen LogP contribution in [0, 0.1) is 20.8 Å². The smallest absolute Gasteiger partial charge is 0.274 e. The molecule has 1 aliphatic heterocycles. The number of hydrogen-bond donors (Lipinski definition) is 0. The van der Waals surface area contributed by atoms with Crippen LogP contribution >= 0.6 is 11.5 Å². The van der Waals surface area contributed by atoms with E-state index in [1.54, 1.807) is 11.0 Å². The lowest BCUT2D eigenvalue weighted by Gasteiger charge is -2.34. The Hall–Kier alpha value is -2.29. The molecule has 1 aromatic heterocycles. The molecule has 152 valence electrons. The van der Waals surface area contributed by atoms with Gasteiger partial charge in [-0.05, 0) is 56.1 Å². The average molecular weight is 430 g/mol. The van der Waals surface area contributed by atoms with Crippen LogP contribution in [0.4, 0.5) is 0 Å². The molecule has 2 heterocycles. The fraction of sp³-hybridized carbons (Fsp3) is 0.333. The highest BCUT2D eigenvalue weighted by Crippen LogP contribution is 2.26. The Morgan fingerprint density at radius 3 is 2.31 bits per heavy atom. The molecule has 6 nitrogen and oxygen atoms in total. The number of nitrogens with zero attached hydrogens (tertiary/aromatic N) is 3. The standard InChI is InChI=1S/C21H23N3O3S2/c1-14-5-7-19(16(3)12-14)29(26,27)24-10-8-23(9-11-24)21(25)20-17-13-15(2)4-6-18(17)28-22-20/h4-7,12-13H,8-11H2,1-3H3. The third kappa shape index (κ3) is 3.68. The summed E-state index contributed by atoms with van der Waals surface area (Å²) in [5.74, 6) is -0.134. The van der Waals surface area contributed by atoms with E-state index in [9.17, 15) is 13.2 Å². The lowest BCUT2D eigenvalue weighted by atomic mass is 10.1. The molecule has 0 bridgehead atoms. The number of amides is 1. The quantitative estimate of drug-likeness (QED) is 0.640. The number of hydrogen-bond acceptors (Lipinski definition) is 5. The molecule has 2 aromatic carbocycles. The van der Waals surface area contributed by atoms with E-state index in [2.05, 4.69) is 4.37 Å². The second kappa shape index (κ2) is 7.51. The first-order valence-corrected chi connectivity index (χ1v) is 11.7. The van der Waals surface area contributed by atoms with Crippen molar-refractivity contribution in [2.45, 2.75) is 25.7 Å². The van der Waals surface area contributed by atoms with Crippen LogP contribution in [0.5, 0.6) is 0 Å². The maximum absolute atomic E-state index is 13.0. The van der Waals surface area contributed by atoms with Crippen LogP contribution < -0.4 is 0 Å². The number of carbonyl (C=O) groups excluding carboxylic acids is 1. The van der Waals surface area contributed by atoms with Gasteiger partial charge in [-0.1, -0.05) is 29.3 Å². The van der Waals surface area contributed by atoms with Crippen molar-refractivity contribution < 1.29 is 13.2 Å². The van der Waals surface area contributed by atoms with Crippen molar-refractivity contribution in [2.24, 2.45) is 0 Å². The van der Waals surface area contributed by atoms with Gasteiger partial charge in [0.25, 0.3) is 5.91 Å². The van der Waals surface area contributed by atoms with Gasteiger partial charge < -0.3 is 4.90 Å². The lowest BCUT2D eigenvalue weighted by Crippen LogP contribution is -2.50. The molecule has 0 N–H and O–H groups in total. The zero-order chi connectivity index (χ0) is 20.8. The van der Waals surface area contributed by atoms with Crippen molar-refractivity contribution >= 4 is 37.5 Å². The van der Waals surface area contributed by atoms with Gasteiger partial charge in [-0.25, -0.2) is 8.42 Å². The van der Waals surface area contributed by atoms with Gasteiger partial charge in [0, 0.05) is 31.6 Å². The summed E-state index contributed by atoms with van der Waals surface area (Å²) >= 11 is 1.32. The first kappa shape index (κ1) is 20.0. The molecule has 1 aliphatic rings. The van der Waals surface area contributed by atoms with Crippen molar-refractivity contribution in [3.8, 4) is 0 Å². The summed E-state index contributed by atoms with van der Waals surface area (Å²) in [7, 11) is -3.57. The maximum atomic E-state index is 13.0. The van der Waals surface area contributed by atoms with E-state index in [-0.39, 0.29) is 19.0 Å². The second-order valence-corrected chi connectivity index (χ2v) is 10.2. The highest BCUT2D eigenvalue weighted by molar-refractivity contribution is 7.89. The largest absolute Gasteiger partial charge is 0.335 e. The molecule has 29 heavy (non-hydrogen) atoms. The molecule has 0 unspecified atom stereocenters. The zero-order valence-corrected chi connectivity index (χ0v) is 18.3. The van der Waals surface area contributed by atoms with Crippen LogP contribution in [0.25, 0.3) is 10.1 Å². The summed E-state index contributed by atoms with van der Waals surface area (Å²) < 4.78 is 32.9. The van der Waals surface area contributed by atoms with Crippen LogP contribution in [0.15, 0.2) is 41.3 Å². The van der Waals surface area contributed by atoms with E-state index in [1.165, 1.54) is 15.8 Å². The van der Waals surface area contributed by atoms with Crippen molar-refractivity contribution in [2.75, 3.05) is 26.2 Å². The first-order chi connectivity index (χ1) is 13.8. The Balaban J connectivity index is 1.51. The van der Waals surface area contributed by atoms with Gasteiger partial charge in [-0.2, -0.15) is 8.68 Å². The second-order valence-electron chi connectivity index (χ2n) is 7.50. The number of fused-ring (bicyclic) bond motifs is 1. The molecule has 0 atom stereocenters. The number of aryl methyl sites for hydroxylation is 3. The Kier molecular flexibility index (Phi) is 5.18. The fourth-order valence-corrected chi connectivity index (χ4v) is 6.09. The van der Waals surface area contributed by atoms with E-state index < -0.39 is 10.0 Å². The minimum Gasteiger partial charge on any atom is -0.335 e. The molecule has 0 saturated carbocycles. The monoisotopic (exact) mass is 429 g/mol. The van der Waals surface area contributed by atoms with Gasteiger partial charge in [0.15, 0.2) is 0 Å². The Morgan fingerprint density at radius 1 is 0.966 bits per heavy atom.